The fourth-order valence-electron chi connectivity index (χ4n) is 9.44. The number of hydrogen-bond acceptors (Lipinski definition) is 3. The van der Waals surface area contributed by atoms with Crippen LogP contribution < -0.4 is 9.64 Å². The summed E-state index contributed by atoms with van der Waals surface area (Å²) in [6.45, 7) is 14.5. The maximum absolute atomic E-state index is 6.77. The van der Waals surface area contributed by atoms with Crippen molar-refractivity contribution in [3.05, 3.63) is 211 Å². The van der Waals surface area contributed by atoms with Gasteiger partial charge in [-0.15, -0.1) is 6.58 Å². The standard InChI is InChI=1S/C54H41NO2.C3H6/c1-53(2)44-16-10-8-14-41(44)42-28-27-40(33-46(42)53)55(38-23-18-35(19-24-38)34-12-6-5-7-13-34)39-25-20-36(21-26-39)37-22-30-49-47(32-37)54(3,4)45-29-31-50-51(52(45)57-49)43-15-9-11-17-48(43)56-50;1-3-2/h5-33H,1-4H3;3H,1H2,2H3. The van der Waals surface area contributed by atoms with Crippen LogP contribution in [0.5, 0.6) is 11.5 Å². The second-order valence-electron chi connectivity index (χ2n) is 17.0. The lowest BCUT2D eigenvalue weighted by molar-refractivity contribution is 0.423. The first-order valence-electron chi connectivity index (χ1n) is 20.8. The van der Waals surface area contributed by atoms with E-state index in [1.165, 1.54) is 38.9 Å². The maximum atomic E-state index is 6.77. The topological polar surface area (TPSA) is 25.6 Å². The summed E-state index contributed by atoms with van der Waals surface area (Å²) in [5.74, 6) is 1.78. The van der Waals surface area contributed by atoms with Crippen LogP contribution in [0.4, 0.5) is 17.1 Å². The number of hydrogen-bond donors (Lipinski definition) is 0. The van der Waals surface area contributed by atoms with Gasteiger partial charge in [-0.2, -0.15) is 0 Å². The second-order valence-corrected chi connectivity index (χ2v) is 17.0. The van der Waals surface area contributed by atoms with Gasteiger partial charge < -0.3 is 14.1 Å². The quantitative estimate of drug-likeness (QED) is 0.163. The Morgan fingerprint density at radius 1 is 0.467 bits per heavy atom. The number of ether oxygens (including phenoxy) is 1. The molecule has 8 aromatic carbocycles. The van der Waals surface area contributed by atoms with Gasteiger partial charge in [0.25, 0.3) is 0 Å². The van der Waals surface area contributed by atoms with Crippen molar-refractivity contribution in [3.8, 4) is 44.9 Å². The summed E-state index contributed by atoms with van der Waals surface area (Å²) in [6, 6.07) is 63.5. The van der Waals surface area contributed by atoms with Crippen LogP contribution in [0.2, 0.25) is 0 Å². The van der Waals surface area contributed by atoms with Crippen molar-refractivity contribution in [1.29, 1.82) is 0 Å². The van der Waals surface area contributed by atoms with E-state index in [4.69, 9.17) is 9.15 Å². The Balaban J connectivity index is 0.00000140. The number of rotatable bonds is 5. The average Bonchev–Trinajstić information content (AvgIpc) is 3.77. The maximum Gasteiger partial charge on any atom is 0.143 e. The van der Waals surface area contributed by atoms with E-state index in [1.807, 2.05) is 19.1 Å². The highest BCUT2D eigenvalue weighted by Crippen LogP contribution is 2.54. The molecule has 0 saturated heterocycles. The first-order chi connectivity index (χ1) is 29.2. The van der Waals surface area contributed by atoms with E-state index in [1.54, 1.807) is 6.08 Å². The highest BCUT2D eigenvalue weighted by Gasteiger charge is 2.37. The predicted octanol–water partition coefficient (Wildman–Crippen LogP) is 16.3. The zero-order valence-corrected chi connectivity index (χ0v) is 34.8. The van der Waals surface area contributed by atoms with Crippen molar-refractivity contribution >= 4 is 39.0 Å². The molecule has 0 unspecified atom stereocenters. The third-order valence-corrected chi connectivity index (χ3v) is 12.6. The lowest BCUT2D eigenvalue weighted by Crippen LogP contribution is -2.24. The van der Waals surface area contributed by atoms with Gasteiger partial charge in [-0.05, 0) is 112 Å². The number of benzene rings is 8. The summed E-state index contributed by atoms with van der Waals surface area (Å²) >= 11 is 0. The largest absolute Gasteiger partial charge is 0.456 e. The van der Waals surface area contributed by atoms with Crippen molar-refractivity contribution < 1.29 is 9.15 Å². The lowest BCUT2D eigenvalue weighted by Gasteiger charge is -2.35. The minimum Gasteiger partial charge on any atom is -0.456 e. The van der Waals surface area contributed by atoms with E-state index < -0.39 is 0 Å². The van der Waals surface area contributed by atoms with Crippen molar-refractivity contribution in [2.45, 2.75) is 45.4 Å². The molecule has 0 saturated carbocycles. The van der Waals surface area contributed by atoms with Crippen molar-refractivity contribution in [2.24, 2.45) is 0 Å². The summed E-state index contributed by atoms with van der Waals surface area (Å²) in [5, 5.41) is 2.12. The summed E-state index contributed by atoms with van der Waals surface area (Å²) in [7, 11) is 0. The Hall–Kier alpha value is -7.10. The highest BCUT2D eigenvalue weighted by molar-refractivity contribution is 6.09. The van der Waals surface area contributed by atoms with Gasteiger partial charge in [-0.25, -0.2) is 0 Å². The summed E-state index contributed by atoms with van der Waals surface area (Å²) in [5.41, 5.74) is 17.1. The molecule has 292 valence electrons. The van der Waals surface area contributed by atoms with Crippen molar-refractivity contribution in [3.63, 3.8) is 0 Å². The molecule has 0 atom stereocenters. The molecule has 2 aliphatic rings. The van der Waals surface area contributed by atoms with E-state index in [-0.39, 0.29) is 10.8 Å². The van der Waals surface area contributed by atoms with Gasteiger partial charge >= 0.3 is 0 Å². The smallest absolute Gasteiger partial charge is 0.143 e. The molecule has 1 aliphatic carbocycles. The number of furan rings is 1. The number of para-hydroxylation sites is 1. The molecule has 0 fully saturated rings. The Kier molecular flexibility index (Phi) is 8.88. The van der Waals surface area contributed by atoms with Crippen molar-refractivity contribution in [2.75, 3.05) is 4.90 Å². The van der Waals surface area contributed by atoms with E-state index in [0.717, 1.165) is 67.2 Å². The molecular weight excluding hydrogens is 731 g/mol. The number of nitrogens with zero attached hydrogens (tertiary/aromatic N) is 1. The summed E-state index contributed by atoms with van der Waals surface area (Å²) < 4.78 is 13.0. The van der Waals surface area contributed by atoms with Crippen LogP contribution in [-0.2, 0) is 10.8 Å². The zero-order valence-electron chi connectivity index (χ0n) is 34.8. The molecule has 3 nitrogen and oxygen atoms in total. The third kappa shape index (κ3) is 5.95. The van der Waals surface area contributed by atoms with Crippen LogP contribution in [0.1, 0.15) is 56.9 Å². The Labute approximate surface area is 352 Å². The zero-order chi connectivity index (χ0) is 41.2. The molecule has 1 aliphatic heterocycles. The molecule has 11 rings (SSSR count). The molecule has 9 aromatic rings. The normalized spacial score (nSPS) is 13.9. The van der Waals surface area contributed by atoms with Gasteiger partial charge in [0.2, 0.25) is 0 Å². The van der Waals surface area contributed by atoms with Crippen LogP contribution in [0, 0.1) is 0 Å². The van der Waals surface area contributed by atoms with E-state index in [2.05, 4.69) is 203 Å². The fraction of sp³-hybridized carbons (Fsp3) is 0.123. The van der Waals surface area contributed by atoms with Crippen LogP contribution in [0.3, 0.4) is 0 Å². The molecule has 0 spiro atoms. The van der Waals surface area contributed by atoms with Gasteiger partial charge in [0.05, 0.1) is 5.39 Å². The highest BCUT2D eigenvalue weighted by atomic mass is 16.5. The van der Waals surface area contributed by atoms with Gasteiger partial charge in [0, 0.05) is 44.4 Å². The Bertz CT molecular complexity index is 3080. The Morgan fingerprint density at radius 2 is 1.03 bits per heavy atom. The Morgan fingerprint density at radius 3 is 1.77 bits per heavy atom. The van der Waals surface area contributed by atoms with E-state index in [9.17, 15) is 0 Å². The van der Waals surface area contributed by atoms with Gasteiger partial charge in [0.15, 0.2) is 0 Å². The molecular formula is C57H47NO2. The predicted molar refractivity (Wildman–Crippen MR) is 251 cm³/mol. The molecule has 60 heavy (non-hydrogen) atoms. The van der Waals surface area contributed by atoms with Gasteiger partial charge in [0.1, 0.15) is 22.7 Å². The third-order valence-electron chi connectivity index (χ3n) is 12.6. The molecule has 0 amide bonds. The number of anilines is 3. The molecule has 2 heterocycles. The van der Waals surface area contributed by atoms with Gasteiger partial charge in [-0.1, -0.05) is 149 Å². The fourth-order valence-corrected chi connectivity index (χ4v) is 9.44. The second kappa shape index (κ2) is 14.3. The summed E-state index contributed by atoms with van der Waals surface area (Å²) in [4.78, 5) is 2.39. The summed E-state index contributed by atoms with van der Waals surface area (Å²) in [6.07, 6.45) is 1.75. The monoisotopic (exact) mass is 777 g/mol. The number of fused-ring (bicyclic) bond motifs is 9. The minimum absolute atomic E-state index is 0.0998. The minimum atomic E-state index is -0.283. The van der Waals surface area contributed by atoms with Crippen LogP contribution in [0.15, 0.2) is 193 Å². The van der Waals surface area contributed by atoms with Crippen LogP contribution in [-0.4, -0.2) is 0 Å². The lowest BCUT2D eigenvalue weighted by atomic mass is 9.74. The molecule has 0 N–H and O–H groups in total. The van der Waals surface area contributed by atoms with Crippen LogP contribution in [0.25, 0.3) is 55.3 Å². The van der Waals surface area contributed by atoms with E-state index in [0.29, 0.717) is 0 Å². The van der Waals surface area contributed by atoms with Crippen molar-refractivity contribution in [1.82, 2.24) is 0 Å². The van der Waals surface area contributed by atoms with Gasteiger partial charge in [-0.3, -0.25) is 0 Å². The molecule has 3 heteroatoms. The SMILES string of the molecule is C=CC.CC1(C)c2ccccc2-c2ccc(N(c3ccc(-c4ccccc4)cc3)c3ccc(-c4ccc5c(c4)C(C)(C)c4ccc6oc7ccccc7c6c4O5)cc3)cc21. The molecule has 0 radical (unpaired) electrons. The number of allylic oxidation sites excluding steroid dienone is 1. The average molecular weight is 778 g/mol. The molecule has 1 aromatic heterocycles. The molecule has 0 bridgehead atoms. The van der Waals surface area contributed by atoms with E-state index >= 15 is 0 Å². The first kappa shape index (κ1) is 37.2. The first-order valence-corrected chi connectivity index (χ1v) is 20.8. The van der Waals surface area contributed by atoms with Crippen LogP contribution >= 0.6 is 0 Å².